The number of carbonyl (C=O) groups excluding carboxylic acids is 1. The quantitative estimate of drug-likeness (QED) is 0.366. The zero-order chi connectivity index (χ0) is 18.0. The summed E-state index contributed by atoms with van der Waals surface area (Å²) in [5, 5.41) is 10.9. The average molecular weight is 337 g/mol. The molecule has 2 aromatic rings. The summed E-state index contributed by atoms with van der Waals surface area (Å²) in [6.07, 6.45) is 3.23. The number of cyclic esters (lactones) is 1. The average Bonchev–Trinajstić information content (AvgIpc) is 2.97. The van der Waals surface area contributed by atoms with E-state index in [1.54, 1.807) is 49.6 Å². The molecule has 0 amide bonds. The number of hydrogen-bond donors (Lipinski definition) is 0. The van der Waals surface area contributed by atoms with Crippen LogP contribution >= 0.6 is 0 Å². The number of nitrogens with zero attached hydrogens (tertiary/aromatic N) is 1. The summed E-state index contributed by atoms with van der Waals surface area (Å²) in [5.74, 6) is 0.648. The molecule has 0 fully saturated rings. The highest BCUT2D eigenvalue weighted by Gasteiger charge is 2.22. The molecule has 1 aliphatic heterocycles. The standard InChI is InChI=1S/C19H15NO5/c1-12-3-6-16(20(22)23)10-14(12)9-15-11-18(25-19(15)21)13-4-7-17(24-2)8-5-13/h3-11H,1-2H3. The molecule has 0 N–H and O–H groups in total. The molecular weight excluding hydrogens is 322 g/mol. The van der Waals surface area contributed by atoms with E-state index >= 15 is 0 Å². The van der Waals surface area contributed by atoms with Crippen LogP contribution in [0.4, 0.5) is 5.69 Å². The van der Waals surface area contributed by atoms with Crippen molar-refractivity contribution in [2.75, 3.05) is 7.11 Å². The van der Waals surface area contributed by atoms with Gasteiger partial charge in [0.25, 0.3) is 5.69 Å². The maximum Gasteiger partial charge on any atom is 0.343 e. The third-order valence-electron chi connectivity index (χ3n) is 3.88. The first kappa shape index (κ1) is 16.4. The molecule has 3 rings (SSSR count). The zero-order valence-corrected chi connectivity index (χ0v) is 13.7. The Hall–Kier alpha value is -3.41. The summed E-state index contributed by atoms with van der Waals surface area (Å²) < 4.78 is 10.4. The smallest absolute Gasteiger partial charge is 0.343 e. The number of methoxy groups -OCH3 is 1. The van der Waals surface area contributed by atoms with Crippen LogP contribution in [0.15, 0.2) is 54.1 Å². The lowest BCUT2D eigenvalue weighted by atomic mass is 10.0. The minimum Gasteiger partial charge on any atom is -0.497 e. The molecule has 0 saturated carbocycles. The summed E-state index contributed by atoms with van der Waals surface area (Å²) >= 11 is 0. The van der Waals surface area contributed by atoms with Crippen LogP contribution in [0.25, 0.3) is 11.8 Å². The molecule has 1 aliphatic rings. The lowest BCUT2D eigenvalue weighted by Gasteiger charge is -2.03. The molecule has 0 bridgehead atoms. The van der Waals surface area contributed by atoms with E-state index in [0.717, 1.165) is 11.1 Å². The van der Waals surface area contributed by atoms with Crippen LogP contribution in [0.2, 0.25) is 0 Å². The van der Waals surface area contributed by atoms with Gasteiger partial charge in [-0.3, -0.25) is 10.1 Å². The molecule has 0 radical (unpaired) electrons. The molecule has 2 aromatic carbocycles. The second-order valence-electron chi connectivity index (χ2n) is 5.52. The Labute approximate surface area is 144 Å². The zero-order valence-electron chi connectivity index (χ0n) is 13.7. The molecule has 126 valence electrons. The van der Waals surface area contributed by atoms with Crippen molar-refractivity contribution in [1.82, 2.24) is 0 Å². The van der Waals surface area contributed by atoms with Gasteiger partial charge in [-0.2, -0.15) is 0 Å². The molecule has 0 unspecified atom stereocenters. The number of rotatable bonds is 4. The van der Waals surface area contributed by atoms with Crippen LogP contribution in [0, 0.1) is 17.0 Å². The van der Waals surface area contributed by atoms with Crippen molar-refractivity contribution < 1.29 is 19.2 Å². The van der Waals surface area contributed by atoms with E-state index < -0.39 is 10.9 Å². The molecular formula is C19H15NO5. The largest absolute Gasteiger partial charge is 0.497 e. The Morgan fingerprint density at radius 1 is 1.16 bits per heavy atom. The third-order valence-corrected chi connectivity index (χ3v) is 3.88. The van der Waals surface area contributed by atoms with Crippen molar-refractivity contribution in [3.63, 3.8) is 0 Å². The van der Waals surface area contributed by atoms with E-state index in [9.17, 15) is 14.9 Å². The minimum absolute atomic E-state index is 0.0248. The molecule has 0 spiro atoms. The Kier molecular flexibility index (Phi) is 4.35. The Balaban J connectivity index is 1.95. The molecule has 0 atom stereocenters. The van der Waals surface area contributed by atoms with Crippen molar-refractivity contribution >= 4 is 23.5 Å². The van der Waals surface area contributed by atoms with Crippen LogP contribution < -0.4 is 4.74 Å². The van der Waals surface area contributed by atoms with E-state index in [1.807, 2.05) is 6.92 Å². The van der Waals surface area contributed by atoms with Gasteiger partial charge in [0, 0.05) is 17.7 Å². The van der Waals surface area contributed by atoms with Crippen molar-refractivity contribution in [2.24, 2.45) is 0 Å². The first-order valence-electron chi connectivity index (χ1n) is 7.53. The number of carbonyl (C=O) groups is 1. The summed E-state index contributed by atoms with van der Waals surface area (Å²) in [6.45, 7) is 1.82. The van der Waals surface area contributed by atoms with Crippen molar-refractivity contribution in [1.29, 1.82) is 0 Å². The van der Waals surface area contributed by atoms with Gasteiger partial charge in [-0.05, 0) is 54.5 Å². The van der Waals surface area contributed by atoms with E-state index in [2.05, 4.69) is 0 Å². The predicted octanol–water partition coefficient (Wildman–Crippen LogP) is 3.89. The second-order valence-corrected chi connectivity index (χ2v) is 5.52. The number of hydrogen-bond acceptors (Lipinski definition) is 5. The topological polar surface area (TPSA) is 78.7 Å². The summed E-state index contributed by atoms with van der Waals surface area (Å²) in [5.41, 5.74) is 2.50. The lowest BCUT2D eigenvalue weighted by Crippen LogP contribution is -1.98. The van der Waals surface area contributed by atoms with Gasteiger partial charge in [0.15, 0.2) is 0 Å². The third kappa shape index (κ3) is 3.42. The highest BCUT2D eigenvalue weighted by Crippen LogP contribution is 2.29. The number of ether oxygens (including phenoxy) is 2. The van der Waals surface area contributed by atoms with Gasteiger partial charge in [0.2, 0.25) is 0 Å². The first-order valence-corrected chi connectivity index (χ1v) is 7.53. The fraction of sp³-hybridized carbons (Fsp3) is 0.105. The summed E-state index contributed by atoms with van der Waals surface area (Å²) in [7, 11) is 1.58. The Morgan fingerprint density at radius 3 is 2.52 bits per heavy atom. The van der Waals surface area contributed by atoms with Crippen LogP contribution in [0.3, 0.4) is 0 Å². The molecule has 6 heteroatoms. The SMILES string of the molecule is COc1ccc(C2=CC(=Cc3cc([N+](=O)[O-])ccc3C)C(=O)O2)cc1. The summed E-state index contributed by atoms with van der Waals surface area (Å²) in [4.78, 5) is 22.6. The molecule has 6 nitrogen and oxygen atoms in total. The van der Waals surface area contributed by atoms with E-state index in [0.29, 0.717) is 22.6 Å². The maximum absolute atomic E-state index is 12.1. The molecule has 25 heavy (non-hydrogen) atoms. The van der Waals surface area contributed by atoms with Gasteiger partial charge in [-0.15, -0.1) is 0 Å². The number of aryl methyl sites for hydroxylation is 1. The van der Waals surface area contributed by atoms with E-state index in [4.69, 9.17) is 9.47 Å². The van der Waals surface area contributed by atoms with Gasteiger partial charge in [-0.25, -0.2) is 4.79 Å². The van der Waals surface area contributed by atoms with Crippen molar-refractivity contribution in [3.05, 3.63) is 80.9 Å². The molecule has 0 saturated heterocycles. The van der Waals surface area contributed by atoms with Crippen LogP contribution in [0.1, 0.15) is 16.7 Å². The maximum atomic E-state index is 12.1. The second kappa shape index (κ2) is 6.60. The van der Waals surface area contributed by atoms with Crippen LogP contribution in [-0.4, -0.2) is 18.0 Å². The van der Waals surface area contributed by atoms with Crippen molar-refractivity contribution in [2.45, 2.75) is 6.92 Å². The number of esters is 1. The Bertz CT molecular complexity index is 910. The predicted molar refractivity (Wildman–Crippen MR) is 92.9 cm³/mol. The molecule has 1 heterocycles. The fourth-order valence-electron chi connectivity index (χ4n) is 2.45. The van der Waals surface area contributed by atoms with Gasteiger partial charge in [-0.1, -0.05) is 6.07 Å². The fourth-order valence-corrected chi connectivity index (χ4v) is 2.45. The minimum atomic E-state index is -0.489. The van der Waals surface area contributed by atoms with Gasteiger partial charge < -0.3 is 9.47 Å². The number of benzene rings is 2. The van der Waals surface area contributed by atoms with Gasteiger partial charge >= 0.3 is 5.97 Å². The number of non-ortho nitro benzene ring substituents is 1. The number of nitro groups is 1. The van der Waals surface area contributed by atoms with Gasteiger partial charge in [0.1, 0.15) is 11.5 Å². The van der Waals surface area contributed by atoms with Gasteiger partial charge in [0.05, 0.1) is 17.6 Å². The molecule has 0 aromatic heterocycles. The Morgan fingerprint density at radius 2 is 1.88 bits per heavy atom. The lowest BCUT2D eigenvalue weighted by molar-refractivity contribution is -0.384. The number of nitro benzene ring substituents is 1. The van der Waals surface area contributed by atoms with E-state index in [1.165, 1.54) is 12.1 Å². The monoisotopic (exact) mass is 337 g/mol. The highest BCUT2D eigenvalue weighted by molar-refractivity contribution is 6.05. The molecule has 0 aliphatic carbocycles. The van der Waals surface area contributed by atoms with Crippen LogP contribution in [-0.2, 0) is 9.53 Å². The normalized spacial score (nSPS) is 15.0. The van der Waals surface area contributed by atoms with Crippen molar-refractivity contribution in [3.8, 4) is 5.75 Å². The van der Waals surface area contributed by atoms with Crippen LogP contribution in [0.5, 0.6) is 5.75 Å². The van der Waals surface area contributed by atoms with E-state index in [-0.39, 0.29) is 5.69 Å². The first-order chi connectivity index (χ1) is 12.0. The summed E-state index contributed by atoms with van der Waals surface area (Å²) in [6, 6.07) is 11.7. The highest BCUT2D eigenvalue weighted by atomic mass is 16.6.